The van der Waals surface area contributed by atoms with E-state index in [1.807, 2.05) is 0 Å². The summed E-state index contributed by atoms with van der Waals surface area (Å²) < 4.78 is 1.13. The second-order valence-corrected chi connectivity index (χ2v) is 5.21. The third-order valence-corrected chi connectivity index (χ3v) is 3.72. The SMILES string of the molecule is NCC1CC1c1cc2cc(Br)ccc2[nH]1. The largest absolute Gasteiger partial charge is 0.358 e. The van der Waals surface area contributed by atoms with Gasteiger partial charge in [0.05, 0.1) is 0 Å². The number of fused-ring (bicyclic) bond motifs is 1. The third kappa shape index (κ3) is 1.60. The van der Waals surface area contributed by atoms with Crippen LogP contribution < -0.4 is 5.73 Å². The molecule has 1 aromatic carbocycles. The van der Waals surface area contributed by atoms with Crippen LogP contribution >= 0.6 is 15.9 Å². The van der Waals surface area contributed by atoms with E-state index in [4.69, 9.17) is 5.73 Å². The molecule has 0 saturated heterocycles. The van der Waals surface area contributed by atoms with E-state index in [2.05, 4.69) is 45.2 Å². The topological polar surface area (TPSA) is 41.8 Å². The molecule has 1 aliphatic carbocycles. The summed E-state index contributed by atoms with van der Waals surface area (Å²) in [7, 11) is 0. The number of halogens is 1. The van der Waals surface area contributed by atoms with Crippen LogP contribution in [-0.4, -0.2) is 11.5 Å². The minimum Gasteiger partial charge on any atom is -0.358 e. The number of hydrogen-bond acceptors (Lipinski definition) is 1. The highest BCUT2D eigenvalue weighted by Crippen LogP contribution is 2.46. The van der Waals surface area contributed by atoms with Gasteiger partial charge in [0.25, 0.3) is 0 Å². The number of nitrogens with one attached hydrogen (secondary N) is 1. The molecule has 0 radical (unpaired) electrons. The van der Waals surface area contributed by atoms with Crippen molar-refractivity contribution in [3.63, 3.8) is 0 Å². The summed E-state index contributed by atoms with van der Waals surface area (Å²) in [6.07, 6.45) is 1.24. The molecule has 2 unspecified atom stereocenters. The first-order valence-corrected chi connectivity index (χ1v) is 6.05. The van der Waals surface area contributed by atoms with Gasteiger partial charge in [-0.3, -0.25) is 0 Å². The van der Waals surface area contributed by atoms with Crippen LogP contribution in [0.5, 0.6) is 0 Å². The van der Waals surface area contributed by atoms with E-state index >= 15 is 0 Å². The number of hydrogen-bond donors (Lipinski definition) is 2. The van der Waals surface area contributed by atoms with Gasteiger partial charge in [0, 0.05) is 27.0 Å². The molecule has 3 rings (SSSR count). The fourth-order valence-electron chi connectivity index (χ4n) is 2.21. The van der Waals surface area contributed by atoms with Crippen LogP contribution in [0.15, 0.2) is 28.7 Å². The van der Waals surface area contributed by atoms with Crippen molar-refractivity contribution in [1.29, 1.82) is 0 Å². The van der Waals surface area contributed by atoms with Gasteiger partial charge in [-0.05, 0) is 43.1 Å². The molecule has 1 aliphatic rings. The Kier molecular flexibility index (Phi) is 2.11. The van der Waals surface area contributed by atoms with Gasteiger partial charge in [0.2, 0.25) is 0 Å². The molecule has 3 N–H and O–H groups in total. The van der Waals surface area contributed by atoms with Crippen LogP contribution in [-0.2, 0) is 0 Å². The minimum absolute atomic E-state index is 0.668. The van der Waals surface area contributed by atoms with Gasteiger partial charge < -0.3 is 10.7 Å². The van der Waals surface area contributed by atoms with Crippen molar-refractivity contribution in [1.82, 2.24) is 4.98 Å². The molecule has 1 heterocycles. The fourth-order valence-corrected chi connectivity index (χ4v) is 2.59. The van der Waals surface area contributed by atoms with Crippen LogP contribution in [0.3, 0.4) is 0 Å². The maximum atomic E-state index is 5.66. The summed E-state index contributed by atoms with van der Waals surface area (Å²) in [6, 6.07) is 8.58. The quantitative estimate of drug-likeness (QED) is 0.861. The molecule has 2 atom stereocenters. The summed E-state index contributed by atoms with van der Waals surface area (Å²) in [6.45, 7) is 0.809. The summed E-state index contributed by atoms with van der Waals surface area (Å²) >= 11 is 3.49. The summed E-state index contributed by atoms with van der Waals surface area (Å²) in [5.41, 5.74) is 8.22. The van der Waals surface area contributed by atoms with Crippen LogP contribution in [0.2, 0.25) is 0 Å². The third-order valence-electron chi connectivity index (χ3n) is 3.23. The van der Waals surface area contributed by atoms with Crippen LogP contribution in [0.1, 0.15) is 18.0 Å². The van der Waals surface area contributed by atoms with Gasteiger partial charge in [-0.25, -0.2) is 0 Å². The van der Waals surface area contributed by atoms with Gasteiger partial charge in [-0.2, -0.15) is 0 Å². The Labute approximate surface area is 97.0 Å². The minimum atomic E-state index is 0.668. The Morgan fingerprint density at radius 2 is 2.27 bits per heavy atom. The lowest BCUT2D eigenvalue weighted by molar-refractivity contribution is 0.801. The molecular formula is C12H13BrN2. The molecular weight excluding hydrogens is 252 g/mol. The zero-order valence-electron chi connectivity index (χ0n) is 8.33. The highest BCUT2D eigenvalue weighted by molar-refractivity contribution is 9.10. The second-order valence-electron chi connectivity index (χ2n) is 4.29. The van der Waals surface area contributed by atoms with Gasteiger partial charge in [-0.1, -0.05) is 15.9 Å². The zero-order valence-corrected chi connectivity index (χ0v) is 9.92. The van der Waals surface area contributed by atoms with Crippen LogP contribution in [0.25, 0.3) is 10.9 Å². The first-order chi connectivity index (χ1) is 7.28. The van der Waals surface area contributed by atoms with E-state index in [-0.39, 0.29) is 0 Å². The Bertz CT molecular complexity index is 503. The number of rotatable bonds is 2. The molecule has 0 amide bonds. The van der Waals surface area contributed by atoms with Crippen LogP contribution in [0, 0.1) is 5.92 Å². The normalized spacial score (nSPS) is 24.7. The number of nitrogens with two attached hydrogens (primary N) is 1. The molecule has 2 aromatic rings. The number of aromatic amines is 1. The number of aromatic nitrogens is 1. The molecule has 1 saturated carbocycles. The van der Waals surface area contributed by atoms with Crippen molar-refractivity contribution >= 4 is 26.8 Å². The van der Waals surface area contributed by atoms with Crippen molar-refractivity contribution in [3.05, 3.63) is 34.4 Å². The molecule has 0 bridgehead atoms. The lowest BCUT2D eigenvalue weighted by atomic mass is 10.2. The first kappa shape index (κ1) is 9.43. The van der Waals surface area contributed by atoms with E-state index in [1.54, 1.807) is 0 Å². The summed E-state index contributed by atoms with van der Waals surface area (Å²) in [5, 5.41) is 1.28. The average molecular weight is 265 g/mol. The van der Waals surface area contributed by atoms with E-state index in [0.717, 1.165) is 11.0 Å². The van der Waals surface area contributed by atoms with Crippen molar-refractivity contribution < 1.29 is 0 Å². The molecule has 1 aromatic heterocycles. The van der Waals surface area contributed by atoms with E-state index in [9.17, 15) is 0 Å². The number of benzene rings is 1. The van der Waals surface area contributed by atoms with E-state index in [0.29, 0.717) is 11.8 Å². The first-order valence-electron chi connectivity index (χ1n) is 5.26. The molecule has 1 fully saturated rings. The zero-order chi connectivity index (χ0) is 10.4. The van der Waals surface area contributed by atoms with Gasteiger partial charge in [0.15, 0.2) is 0 Å². The Hall–Kier alpha value is -0.800. The standard InChI is InChI=1S/C12H13BrN2/c13-9-1-2-11-7(3-9)5-12(15-11)10-4-8(10)6-14/h1-3,5,8,10,15H,4,6,14H2. The molecule has 3 heteroatoms. The average Bonchev–Trinajstić information content (AvgIpc) is 2.91. The predicted molar refractivity (Wildman–Crippen MR) is 65.9 cm³/mol. The number of H-pyrrole nitrogens is 1. The van der Waals surface area contributed by atoms with E-state index in [1.165, 1.54) is 23.0 Å². The van der Waals surface area contributed by atoms with Crippen molar-refractivity contribution in [2.45, 2.75) is 12.3 Å². The maximum Gasteiger partial charge on any atom is 0.0456 e. The Morgan fingerprint density at radius 3 is 3.00 bits per heavy atom. The molecule has 0 aliphatic heterocycles. The highest BCUT2D eigenvalue weighted by atomic mass is 79.9. The monoisotopic (exact) mass is 264 g/mol. The van der Waals surface area contributed by atoms with Crippen molar-refractivity contribution in [2.24, 2.45) is 11.7 Å². The fraction of sp³-hybridized carbons (Fsp3) is 0.333. The smallest absolute Gasteiger partial charge is 0.0456 e. The predicted octanol–water partition coefficient (Wildman–Crippen LogP) is 2.99. The molecule has 2 nitrogen and oxygen atoms in total. The summed E-state index contributed by atoms with van der Waals surface area (Å²) in [5.74, 6) is 1.36. The van der Waals surface area contributed by atoms with Gasteiger partial charge in [0.1, 0.15) is 0 Å². The molecule has 78 valence electrons. The Balaban J connectivity index is 2.00. The lowest BCUT2D eigenvalue weighted by Crippen LogP contribution is -2.01. The highest BCUT2D eigenvalue weighted by Gasteiger charge is 2.37. The van der Waals surface area contributed by atoms with Gasteiger partial charge >= 0.3 is 0 Å². The molecule has 0 spiro atoms. The van der Waals surface area contributed by atoms with Crippen molar-refractivity contribution in [2.75, 3.05) is 6.54 Å². The Morgan fingerprint density at radius 1 is 1.40 bits per heavy atom. The lowest BCUT2D eigenvalue weighted by Gasteiger charge is -1.92. The summed E-state index contributed by atoms with van der Waals surface area (Å²) in [4.78, 5) is 3.47. The second kappa shape index (κ2) is 3.35. The molecule has 15 heavy (non-hydrogen) atoms. The van der Waals surface area contributed by atoms with Crippen LogP contribution in [0.4, 0.5) is 0 Å². The van der Waals surface area contributed by atoms with Crippen molar-refractivity contribution in [3.8, 4) is 0 Å². The van der Waals surface area contributed by atoms with E-state index < -0.39 is 0 Å². The van der Waals surface area contributed by atoms with Gasteiger partial charge in [-0.15, -0.1) is 0 Å². The maximum absolute atomic E-state index is 5.66.